The number of hydrogen-bond donors (Lipinski definition) is 2. The molecule has 0 unspecified atom stereocenters. The van der Waals surface area contributed by atoms with Gasteiger partial charge in [0.25, 0.3) is 11.8 Å². The number of carbonyl (C=O) groups excluding carboxylic acids is 3. The van der Waals surface area contributed by atoms with Gasteiger partial charge in [0.05, 0.1) is 12.2 Å². The topological polar surface area (TPSA) is 93.7 Å². The van der Waals surface area contributed by atoms with Crippen LogP contribution >= 0.6 is 0 Å². The molecule has 2 amide bonds. The number of para-hydroxylation sites is 1. The number of halogens is 1. The lowest BCUT2D eigenvalue weighted by Gasteiger charge is -2.25. The Bertz CT molecular complexity index is 989. The van der Waals surface area contributed by atoms with E-state index in [4.69, 9.17) is 9.47 Å². The Labute approximate surface area is 192 Å². The predicted octanol–water partition coefficient (Wildman–Crippen LogP) is 3.54. The number of esters is 1. The summed E-state index contributed by atoms with van der Waals surface area (Å²) in [5.74, 6) is -2.11. The van der Waals surface area contributed by atoms with Crippen molar-refractivity contribution >= 4 is 17.8 Å². The lowest BCUT2D eigenvalue weighted by Crippen LogP contribution is -2.46. The molecule has 0 saturated heterocycles. The van der Waals surface area contributed by atoms with Gasteiger partial charge in [-0.3, -0.25) is 9.59 Å². The Balaban J connectivity index is 1.78. The van der Waals surface area contributed by atoms with Crippen LogP contribution in [0.25, 0.3) is 0 Å². The smallest absolute Gasteiger partial charge is 0.330 e. The third kappa shape index (κ3) is 6.54. The molecule has 33 heavy (non-hydrogen) atoms. The molecule has 1 saturated carbocycles. The van der Waals surface area contributed by atoms with Crippen LogP contribution in [0.3, 0.4) is 0 Å². The highest BCUT2D eigenvalue weighted by Gasteiger charge is 2.34. The van der Waals surface area contributed by atoms with Crippen LogP contribution in [0.2, 0.25) is 0 Å². The van der Waals surface area contributed by atoms with Crippen LogP contribution < -0.4 is 15.4 Å². The number of nitrogens with one attached hydrogen (secondary N) is 2. The highest BCUT2D eigenvalue weighted by molar-refractivity contribution is 5.99. The summed E-state index contributed by atoms with van der Waals surface area (Å²) in [6.45, 7) is 5.72. The molecule has 0 radical (unpaired) electrons. The van der Waals surface area contributed by atoms with Crippen LogP contribution in [0.15, 0.2) is 48.5 Å². The van der Waals surface area contributed by atoms with Crippen molar-refractivity contribution in [2.45, 2.75) is 51.8 Å². The molecule has 0 aromatic heterocycles. The molecule has 2 aromatic carbocycles. The van der Waals surface area contributed by atoms with Crippen molar-refractivity contribution < 1.29 is 28.2 Å². The summed E-state index contributed by atoms with van der Waals surface area (Å²) in [6, 6.07) is 11.0. The molecule has 1 aliphatic rings. The largest absolute Gasteiger partial charge is 0.493 e. The van der Waals surface area contributed by atoms with Crippen LogP contribution in [-0.4, -0.2) is 36.5 Å². The van der Waals surface area contributed by atoms with Gasteiger partial charge in [0.2, 0.25) is 6.10 Å². The highest BCUT2D eigenvalue weighted by atomic mass is 19.1. The minimum absolute atomic E-state index is 0.0508. The molecule has 176 valence electrons. The Morgan fingerprint density at radius 3 is 2.33 bits per heavy atom. The average Bonchev–Trinajstić information content (AvgIpc) is 3.60. The molecule has 2 aromatic rings. The molecule has 2 atom stereocenters. The fourth-order valence-corrected chi connectivity index (χ4v) is 3.26. The van der Waals surface area contributed by atoms with E-state index in [0.717, 1.165) is 12.8 Å². The SMILES string of the molecule is CCOc1ccccc1C(=O)N[C@H](C(=O)O[C@H](C(=O)NC1CC1)c1ccc(F)cc1)C(C)C. The van der Waals surface area contributed by atoms with Gasteiger partial charge < -0.3 is 20.1 Å². The molecular formula is C25H29FN2O5. The maximum Gasteiger partial charge on any atom is 0.330 e. The molecule has 1 aliphatic carbocycles. The molecule has 2 N–H and O–H groups in total. The average molecular weight is 457 g/mol. The van der Waals surface area contributed by atoms with Crippen molar-refractivity contribution in [3.63, 3.8) is 0 Å². The minimum Gasteiger partial charge on any atom is -0.493 e. The standard InChI is InChI=1S/C25H29FN2O5/c1-4-32-20-8-6-5-7-19(20)23(29)28-21(15(2)3)25(31)33-22(24(30)27-18-13-14-18)16-9-11-17(26)12-10-16/h5-12,15,18,21-22H,4,13-14H2,1-3H3,(H,27,30)(H,28,29)/t21-,22-/m0/s1. The van der Waals surface area contributed by atoms with Crippen molar-refractivity contribution in [2.24, 2.45) is 5.92 Å². The zero-order valence-electron chi connectivity index (χ0n) is 19.0. The number of amides is 2. The van der Waals surface area contributed by atoms with Gasteiger partial charge in [-0.05, 0) is 49.9 Å². The summed E-state index contributed by atoms with van der Waals surface area (Å²) >= 11 is 0. The first-order chi connectivity index (χ1) is 15.8. The van der Waals surface area contributed by atoms with Crippen molar-refractivity contribution in [1.82, 2.24) is 10.6 Å². The molecule has 7 nitrogen and oxygen atoms in total. The van der Waals surface area contributed by atoms with E-state index < -0.39 is 35.7 Å². The van der Waals surface area contributed by atoms with Gasteiger partial charge >= 0.3 is 5.97 Å². The Morgan fingerprint density at radius 2 is 1.73 bits per heavy atom. The van der Waals surface area contributed by atoms with Crippen LogP contribution in [0.4, 0.5) is 4.39 Å². The van der Waals surface area contributed by atoms with Crippen LogP contribution in [-0.2, 0) is 14.3 Å². The molecule has 1 fully saturated rings. The first-order valence-electron chi connectivity index (χ1n) is 11.1. The zero-order valence-corrected chi connectivity index (χ0v) is 19.0. The second kappa shape index (κ2) is 10.9. The van der Waals surface area contributed by atoms with Crippen LogP contribution in [0.1, 0.15) is 55.6 Å². The minimum atomic E-state index is -1.26. The lowest BCUT2D eigenvalue weighted by molar-refractivity contribution is -0.159. The number of carbonyl (C=O) groups is 3. The molecule has 0 heterocycles. The number of hydrogen-bond acceptors (Lipinski definition) is 5. The van der Waals surface area contributed by atoms with Crippen LogP contribution in [0, 0.1) is 11.7 Å². The second-order valence-corrected chi connectivity index (χ2v) is 8.28. The van der Waals surface area contributed by atoms with E-state index in [1.165, 1.54) is 24.3 Å². The first kappa shape index (κ1) is 24.2. The van der Waals surface area contributed by atoms with E-state index in [2.05, 4.69) is 10.6 Å². The van der Waals surface area contributed by atoms with Gasteiger partial charge in [0.1, 0.15) is 17.6 Å². The molecular weight excluding hydrogens is 427 g/mol. The molecule has 3 rings (SSSR count). The quantitative estimate of drug-likeness (QED) is 0.534. The van der Waals surface area contributed by atoms with Gasteiger partial charge in [-0.25, -0.2) is 9.18 Å². The third-order valence-corrected chi connectivity index (χ3v) is 5.21. The van der Waals surface area contributed by atoms with E-state index in [9.17, 15) is 18.8 Å². The summed E-state index contributed by atoms with van der Waals surface area (Å²) in [5.41, 5.74) is 0.637. The zero-order chi connectivity index (χ0) is 24.0. The maximum atomic E-state index is 13.4. The van der Waals surface area contributed by atoms with E-state index >= 15 is 0 Å². The summed E-state index contributed by atoms with van der Waals surface area (Å²) in [6.07, 6.45) is 0.465. The van der Waals surface area contributed by atoms with Gasteiger partial charge in [-0.2, -0.15) is 0 Å². The highest BCUT2D eigenvalue weighted by Crippen LogP contribution is 2.25. The van der Waals surface area contributed by atoms with Crippen molar-refractivity contribution in [3.8, 4) is 5.75 Å². The van der Waals surface area contributed by atoms with E-state index in [1.54, 1.807) is 38.1 Å². The van der Waals surface area contributed by atoms with Gasteiger partial charge in [-0.15, -0.1) is 0 Å². The van der Waals surface area contributed by atoms with Gasteiger partial charge in [-0.1, -0.05) is 38.1 Å². The Kier molecular flexibility index (Phi) is 8.03. The number of benzene rings is 2. The maximum absolute atomic E-state index is 13.4. The Morgan fingerprint density at radius 1 is 1.06 bits per heavy atom. The number of rotatable bonds is 10. The first-order valence-corrected chi connectivity index (χ1v) is 11.1. The van der Waals surface area contributed by atoms with Crippen molar-refractivity contribution in [1.29, 1.82) is 0 Å². The van der Waals surface area contributed by atoms with E-state index in [1.807, 2.05) is 6.92 Å². The third-order valence-electron chi connectivity index (χ3n) is 5.21. The van der Waals surface area contributed by atoms with Crippen molar-refractivity contribution in [3.05, 3.63) is 65.5 Å². The monoisotopic (exact) mass is 456 g/mol. The fourth-order valence-electron chi connectivity index (χ4n) is 3.26. The second-order valence-electron chi connectivity index (χ2n) is 8.28. The summed E-state index contributed by atoms with van der Waals surface area (Å²) in [5, 5.41) is 5.52. The Hall–Kier alpha value is -3.42. The lowest BCUT2D eigenvalue weighted by atomic mass is 10.0. The molecule has 0 bridgehead atoms. The number of ether oxygens (including phenoxy) is 2. The van der Waals surface area contributed by atoms with E-state index in [0.29, 0.717) is 23.5 Å². The fraction of sp³-hybridized carbons (Fsp3) is 0.400. The summed E-state index contributed by atoms with van der Waals surface area (Å²) in [4.78, 5) is 38.8. The van der Waals surface area contributed by atoms with Gasteiger partial charge in [0.15, 0.2) is 0 Å². The predicted molar refractivity (Wildman–Crippen MR) is 120 cm³/mol. The molecule has 0 aliphatic heterocycles. The molecule has 8 heteroatoms. The molecule has 0 spiro atoms. The summed E-state index contributed by atoms with van der Waals surface area (Å²) < 4.78 is 24.5. The normalized spacial score (nSPS) is 14.8. The van der Waals surface area contributed by atoms with Crippen LogP contribution in [0.5, 0.6) is 5.75 Å². The summed E-state index contributed by atoms with van der Waals surface area (Å²) in [7, 11) is 0. The van der Waals surface area contributed by atoms with E-state index in [-0.39, 0.29) is 12.0 Å². The van der Waals surface area contributed by atoms with Crippen molar-refractivity contribution in [2.75, 3.05) is 6.61 Å². The van der Waals surface area contributed by atoms with Gasteiger partial charge in [0, 0.05) is 11.6 Å².